The van der Waals surface area contributed by atoms with Gasteiger partial charge in [0.1, 0.15) is 17.4 Å². The molecule has 8 heteroatoms. The van der Waals surface area contributed by atoms with Gasteiger partial charge in [-0.15, -0.1) is 0 Å². The van der Waals surface area contributed by atoms with E-state index in [0.29, 0.717) is 24.3 Å². The number of aryl methyl sites for hydroxylation is 2. The monoisotopic (exact) mass is 432 g/mol. The second-order valence-electron chi connectivity index (χ2n) is 7.34. The molecule has 3 N–H and O–H groups in total. The van der Waals surface area contributed by atoms with Crippen molar-refractivity contribution in [3.63, 3.8) is 0 Å². The fraction of sp³-hybridized carbons (Fsp3) is 0.455. The molecule has 162 valence electrons. The molecule has 1 amide bonds. The summed E-state index contributed by atoms with van der Waals surface area (Å²) in [5.41, 5.74) is 4.88. The molecule has 0 bridgehead atoms. The molecule has 1 aliphatic rings. The van der Waals surface area contributed by atoms with Crippen molar-refractivity contribution in [3.8, 4) is 0 Å². The van der Waals surface area contributed by atoms with Gasteiger partial charge in [0.2, 0.25) is 0 Å². The summed E-state index contributed by atoms with van der Waals surface area (Å²) < 4.78 is 0. The van der Waals surface area contributed by atoms with Crippen LogP contribution in [-0.2, 0) is 9.63 Å². The third kappa shape index (κ3) is 4.87. The molecule has 30 heavy (non-hydrogen) atoms. The Hall–Kier alpha value is -2.74. The largest absolute Gasteiger partial charge is 0.511 e. The summed E-state index contributed by atoms with van der Waals surface area (Å²) >= 11 is 5.28. The highest BCUT2D eigenvalue weighted by Crippen LogP contribution is 2.39. The number of amides is 1. The van der Waals surface area contributed by atoms with Crippen molar-refractivity contribution in [1.82, 2.24) is 5.32 Å². The van der Waals surface area contributed by atoms with E-state index < -0.39 is 6.09 Å². The predicted octanol–water partition coefficient (Wildman–Crippen LogP) is 4.62. The number of hydrogen-bond acceptors (Lipinski definition) is 6. The number of aliphatic hydroxyl groups excluding tert-OH is 1. The Bertz CT molecular complexity index is 949. The summed E-state index contributed by atoms with van der Waals surface area (Å²) in [6.07, 6.45) is -0.249. The number of carboxylic acid groups (broad SMARTS) is 1. The molecule has 1 aliphatic carbocycles. The summed E-state index contributed by atoms with van der Waals surface area (Å²) in [6.45, 7) is 9.72. The highest BCUT2D eigenvalue weighted by molar-refractivity contribution is 7.80. The van der Waals surface area contributed by atoms with Crippen molar-refractivity contribution in [2.75, 3.05) is 6.61 Å². The predicted molar refractivity (Wildman–Crippen MR) is 120 cm³/mol. The third-order valence-electron chi connectivity index (χ3n) is 5.25. The second kappa shape index (κ2) is 9.84. The molecule has 0 aliphatic heterocycles. The van der Waals surface area contributed by atoms with E-state index in [1.807, 2.05) is 33.8 Å². The van der Waals surface area contributed by atoms with E-state index in [-0.39, 0.29) is 40.9 Å². The van der Waals surface area contributed by atoms with Gasteiger partial charge in [-0.2, -0.15) is 0 Å². The van der Waals surface area contributed by atoms with E-state index >= 15 is 0 Å². The second-order valence-corrected chi connectivity index (χ2v) is 7.75. The number of oxime groups is 1. The number of allylic oxidation sites excluding steroid dienone is 2. The fourth-order valence-corrected chi connectivity index (χ4v) is 4.59. The number of hydrogen-bond donors (Lipinski definition) is 3. The number of carbonyl (C=O) groups is 2. The number of Topliss-reactive ketones (excluding diaryl/α,β-unsaturated/α-hetero) is 1. The van der Waals surface area contributed by atoms with Gasteiger partial charge in [-0.25, -0.2) is 4.79 Å². The van der Waals surface area contributed by atoms with Crippen LogP contribution < -0.4 is 5.32 Å². The van der Waals surface area contributed by atoms with Crippen molar-refractivity contribution < 1.29 is 24.6 Å². The van der Waals surface area contributed by atoms with E-state index in [1.165, 1.54) is 0 Å². The zero-order chi connectivity index (χ0) is 22.6. The Morgan fingerprint density at radius 2 is 1.93 bits per heavy atom. The van der Waals surface area contributed by atoms with E-state index in [0.717, 1.165) is 22.3 Å². The number of rotatable bonds is 6. The Morgan fingerprint density at radius 3 is 2.47 bits per heavy atom. The first kappa shape index (κ1) is 23.5. The maximum atomic E-state index is 12.9. The standard InChI is InChI=1S/C22H28N2O5S/c1-6-15(24-29-7-2)20-16(25)9-14(10-17(20)26)18-11(3)8-12(4)19(13(18)5)21(30)23-22(27)28/h8,14,25H,6-7,9-10H2,1-5H3,(H,23,30)(H,27,28)/b24-15-. The van der Waals surface area contributed by atoms with Gasteiger partial charge in [-0.1, -0.05) is 30.4 Å². The van der Waals surface area contributed by atoms with Crippen LogP contribution in [0.3, 0.4) is 0 Å². The lowest BCUT2D eigenvalue weighted by atomic mass is 9.76. The summed E-state index contributed by atoms with van der Waals surface area (Å²) in [5.74, 6) is -0.418. The van der Waals surface area contributed by atoms with Gasteiger partial charge in [-0.05, 0) is 62.3 Å². The van der Waals surface area contributed by atoms with Crippen LogP contribution in [-0.4, -0.2) is 39.4 Å². The zero-order valence-electron chi connectivity index (χ0n) is 18.0. The molecular formula is C22H28N2O5S. The Balaban J connectivity index is 2.50. The first-order chi connectivity index (χ1) is 14.1. The molecule has 2 rings (SSSR count). The summed E-state index contributed by atoms with van der Waals surface area (Å²) in [4.78, 5) is 29.2. The first-order valence-corrected chi connectivity index (χ1v) is 10.3. The maximum Gasteiger partial charge on any atom is 0.409 e. The van der Waals surface area contributed by atoms with Crippen molar-refractivity contribution in [3.05, 3.63) is 45.2 Å². The van der Waals surface area contributed by atoms with Gasteiger partial charge in [0, 0.05) is 18.4 Å². The van der Waals surface area contributed by atoms with Gasteiger partial charge in [0.25, 0.3) is 0 Å². The maximum absolute atomic E-state index is 12.9. The van der Waals surface area contributed by atoms with Crippen LogP contribution in [0.5, 0.6) is 0 Å². The first-order valence-electron chi connectivity index (χ1n) is 9.91. The van der Waals surface area contributed by atoms with Crippen LogP contribution >= 0.6 is 12.2 Å². The number of nitrogens with one attached hydrogen (secondary N) is 1. The minimum Gasteiger partial charge on any atom is -0.511 e. The van der Waals surface area contributed by atoms with Crippen LogP contribution in [0.25, 0.3) is 0 Å². The topological polar surface area (TPSA) is 108 Å². The molecule has 0 fully saturated rings. The number of nitrogens with zero attached hydrogens (tertiary/aromatic N) is 1. The molecule has 0 saturated carbocycles. The van der Waals surface area contributed by atoms with Crippen molar-refractivity contribution in [2.24, 2.45) is 5.16 Å². The van der Waals surface area contributed by atoms with Gasteiger partial charge < -0.3 is 15.1 Å². The number of benzene rings is 1. The van der Waals surface area contributed by atoms with Crippen LogP contribution in [0.2, 0.25) is 0 Å². The summed E-state index contributed by atoms with van der Waals surface area (Å²) in [5, 5.41) is 26.0. The van der Waals surface area contributed by atoms with E-state index in [4.69, 9.17) is 22.2 Å². The number of ketones is 1. The van der Waals surface area contributed by atoms with Crippen LogP contribution in [0, 0.1) is 20.8 Å². The highest BCUT2D eigenvalue weighted by atomic mass is 32.1. The lowest BCUT2D eigenvalue weighted by molar-refractivity contribution is -0.116. The lowest BCUT2D eigenvalue weighted by Crippen LogP contribution is -2.30. The zero-order valence-corrected chi connectivity index (χ0v) is 18.8. The van der Waals surface area contributed by atoms with Gasteiger partial charge in [0.05, 0.1) is 11.3 Å². The molecule has 1 aromatic carbocycles. The van der Waals surface area contributed by atoms with E-state index in [2.05, 4.69) is 10.5 Å². The molecule has 0 heterocycles. The molecule has 0 saturated heterocycles. The molecule has 1 unspecified atom stereocenters. The summed E-state index contributed by atoms with van der Waals surface area (Å²) in [7, 11) is 0. The molecule has 0 radical (unpaired) electrons. The van der Waals surface area contributed by atoms with E-state index in [9.17, 15) is 14.7 Å². The fourth-order valence-electron chi connectivity index (χ4n) is 4.19. The normalized spacial score (nSPS) is 17.2. The SMILES string of the molecule is CCO/N=C(/CC)C1=C(O)CC(c2c(C)cc(C)c(C(=S)NC(=O)O)c2C)CC1=O. The lowest BCUT2D eigenvalue weighted by Gasteiger charge is -2.28. The van der Waals surface area contributed by atoms with Gasteiger partial charge >= 0.3 is 6.09 Å². The van der Waals surface area contributed by atoms with Gasteiger partial charge in [-0.3, -0.25) is 10.1 Å². The Morgan fingerprint density at radius 1 is 1.27 bits per heavy atom. The highest BCUT2D eigenvalue weighted by Gasteiger charge is 2.33. The average molecular weight is 433 g/mol. The molecule has 7 nitrogen and oxygen atoms in total. The minimum atomic E-state index is -1.22. The smallest absolute Gasteiger partial charge is 0.409 e. The van der Waals surface area contributed by atoms with E-state index in [1.54, 1.807) is 6.92 Å². The average Bonchev–Trinajstić information content (AvgIpc) is 2.62. The van der Waals surface area contributed by atoms with Crippen molar-refractivity contribution in [2.45, 2.75) is 59.8 Å². The molecule has 0 aromatic heterocycles. The Labute approximate surface area is 181 Å². The Kier molecular flexibility index (Phi) is 7.72. The van der Waals surface area contributed by atoms with Crippen LogP contribution in [0.15, 0.2) is 22.6 Å². The third-order valence-corrected chi connectivity index (χ3v) is 5.56. The van der Waals surface area contributed by atoms with Gasteiger partial charge in [0.15, 0.2) is 5.78 Å². The van der Waals surface area contributed by atoms with Crippen LogP contribution in [0.4, 0.5) is 4.79 Å². The minimum absolute atomic E-state index is 0.00344. The van der Waals surface area contributed by atoms with Crippen LogP contribution in [0.1, 0.15) is 66.8 Å². The molecule has 1 aromatic rings. The number of aliphatic hydroxyl groups is 1. The molecule has 0 spiro atoms. The van der Waals surface area contributed by atoms with Crippen molar-refractivity contribution >= 4 is 34.8 Å². The molecular weight excluding hydrogens is 404 g/mol. The molecule has 1 atom stereocenters. The number of thiocarbonyl (C=S) groups is 1. The summed E-state index contributed by atoms with van der Waals surface area (Å²) in [6, 6.07) is 1.93. The number of carbonyl (C=O) groups excluding carboxylic acids is 1. The van der Waals surface area contributed by atoms with Crippen molar-refractivity contribution in [1.29, 1.82) is 0 Å². The quantitative estimate of drug-likeness (QED) is 0.344.